The van der Waals surface area contributed by atoms with Crippen LogP contribution in [0.3, 0.4) is 0 Å². The van der Waals surface area contributed by atoms with Gasteiger partial charge in [0.05, 0.1) is 0 Å². The molecule has 0 N–H and O–H groups in total. The van der Waals surface area contributed by atoms with Crippen molar-refractivity contribution >= 4 is 8.58 Å². The van der Waals surface area contributed by atoms with Gasteiger partial charge in [-0.25, -0.2) is 0 Å². The van der Waals surface area contributed by atoms with Crippen LogP contribution in [0.4, 0.5) is 0 Å². The van der Waals surface area contributed by atoms with Crippen LogP contribution in [-0.2, 0) is 0 Å². The van der Waals surface area contributed by atoms with Crippen molar-refractivity contribution in [2.75, 3.05) is 12.8 Å². The molecule has 1 unspecified atom stereocenters. The predicted octanol–water partition coefficient (Wildman–Crippen LogP) is 7.97. The quantitative estimate of drug-likeness (QED) is 0.363. The van der Waals surface area contributed by atoms with Crippen molar-refractivity contribution < 1.29 is 0 Å². The Morgan fingerprint density at radius 1 is 0.923 bits per heavy atom. The Labute approximate surface area is 165 Å². The molecule has 3 rings (SSSR count). The monoisotopic (exact) mass is 372 g/mol. The van der Waals surface area contributed by atoms with Gasteiger partial charge in [-0.1, -0.05) is 42.8 Å². The van der Waals surface area contributed by atoms with E-state index < -0.39 is 0 Å². The topological polar surface area (TPSA) is 0 Å². The lowest BCUT2D eigenvalue weighted by Gasteiger charge is -2.38. The van der Waals surface area contributed by atoms with Gasteiger partial charge < -0.3 is 0 Å². The lowest BCUT2D eigenvalue weighted by Crippen LogP contribution is -2.25. The summed E-state index contributed by atoms with van der Waals surface area (Å²) in [6.45, 7) is 10.5. The summed E-state index contributed by atoms with van der Waals surface area (Å²) >= 11 is 0. The average Bonchev–Trinajstić information content (AvgIpc) is 2.70. The van der Waals surface area contributed by atoms with Crippen LogP contribution in [0.15, 0.2) is 36.9 Å². The van der Waals surface area contributed by atoms with E-state index in [4.69, 9.17) is 0 Å². The Morgan fingerprint density at radius 3 is 1.88 bits per heavy atom. The van der Waals surface area contributed by atoms with Crippen molar-refractivity contribution in [1.29, 1.82) is 0 Å². The van der Waals surface area contributed by atoms with Crippen LogP contribution in [0.25, 0.3) is 0 Å². The highest BCUT2D eigenvalue weighted by Crippen LogP contribution is 2.44. The number of hydrogen-bond acceptors (Lipinski definition) is 0. The van der Waals surface area contributed by atoms with Gasteiger partial charge in [-0.2, -0.15) is 0 Å². The molecule has 1 aromatic carbocycles. The van der Waals surface area contributed by atoms with Gasteiger partial charge in [0.2, 0.25) is 0 Å². The van der Waals surface area contributed by atoms with Crippen molar-refractivity contribution in [3.8, 4) is 0 Å². The molecule has 0 radical (unpaired) electrons. The molecule has 0 spiro atoms. The Kier molecular flexibility index (Phi) is 9.98. The maximum Gasteiger partial charge on any atom is -0.0162 e. The van der Waals surface area contributed by atoms with E-state index in [9.17, 15) is 0 Å². The molecular formula is C25H41P. The SMILES string of the molecule is C=CCC1CCC(C2CCC(c3ccc(C)cc3)CC2)CC1.CCPC. The van der Waals surface area contributed by atoms with Crippen molar-refractivity contribution in [2.45, 2.75) is 77.6 Å². The molecular weight excluding hydrogens is 331 g/mol. The van der Waals surface area contributed by atoms with E-state index in [2.05, 4.69) is 57.4 Å². The zero-order valence-electron chi connectivity index (χ0n) is 17.5. The normalized spacial score (nSPS) is 29.2. The summed E-state index contributed by atoms with van der Waals surface area (Å²) < 4.78 is 0. The lowest BCUT2D eigenvalue weighted by atomic mass is 9.68. The molecule has 0 saturated heterocycles. The molecule has 0 bridgehead atoms. The number of rotatable bonds is 5. The van der Waals surface area contributed by atoms with E-state index in [0.717, 1.165) is 32.3 Å². The fourth-order valence-electron chi connectivity index (χ4n) is 4.89. The van der Waals surface area contributed by atoms with E-state index in [1.165, 1.54) is 69.5 Å². The lowest BCUT2D eigenvalue weighted by molar-refractivity contribution is 0.160. The highest BCUT2D eigenvalue weighted by Gasteiger charge is 2.30. The summed E-state index contributed by atoms with van der Waals surface area (Å²) in [4.78, 5) is 0. The molecule has 0 nitrogen and oxygen atoms in total. The second kappa shape index (κ2) is 12.0. The van der Waals surface area contributed by atoms with Crippen LogP contribution in [0.2, 0.25) is 0 Å². The largest absolute Gasteiger partial charge is 0.126 e. The van der Waals surface area contributed by atoms with Crippen molar-refractivity contribution in [1.82, 2.24) is 0 Å². The minimum absolute atomic E-state index is 0.828. The van der Waals surface area contributed by atoms with Crippen LogP contribution in [0.1, 0.15) is 81.8 Å². The molecule has 146 valence electrons. The number of benzene rings is 1. The van der Waals surface area contributed by atoms with E-state index in [0.29, 0.717) is 0 Å². The second-order valence-corrected chi connectivity index (χ2v) is 9.95. The second-order valence-electron chi connectivity index (χ2n) is 8.53. The zero-order valence-corrected chi connectivity index (χ0v) is 18.5. The third kappa shape index (κ3) is 6.84. The molecule has 1 heteroatoms. The smallest absolute Gasteiger partial charge is 0.0162 e. The molecule has 26 heavy (non-hydrogen) atoms. The summed E-state index contributed by atoms with van der Waals surface area (Å²) in [6.07, 6.45) is 16.4. The van der Waals surface area contributed by atoms with Crippen molar-refractivity contribution in [3.05, 3.63) is 48.0 Å². The average molecular weight is 373 g/mol. The van der Waals surface area contributed by atoms with Gasteiger partial charge in [0.25, 0.3) is 0 Å². The summed E-state index contributed by atoms with van der Waals surface area (Å²) in [6, 6.07) is 9.28. The number of allylic oxidation sites excluding steroid dienone is 1. The van der Waals surface area contributed by atoms with E-state index >= 15 is 0 Å². The summed E-state index contributed by atoms with van der Waals surface area (Å²) in [7, 11) is 1.14. The van der Waals surface area contributed by atoms with Gasteiger partial charge in [-0.3, -0.25) is 0 Å². The highest BCUT2D eigenvalue weighted by molar-refractivity contribution is 7.36. The van der Waals surface area contributed by atoms with Gasteiger partial charge in [-0.05, 0) is 107 Å². The highest BCUT2D eigenvalue weighted by atomic mass is 31.1. The maximum atomic E-state index is 3.91. The minimum atomic E-state index is 0.828. The summed E-state index contributed by atoms with van der Waals surface area (Å²) in [5, 5.41) is 0. The molecule has 0 heterocycles. The van der Waals surface area contributed by atoms with Crippen LogP contribution < -0.4 is 0 Å². The Hall–Kier alpha value is -0.610. The first kappa shape index (κ1) is 21.7. The van der Waals surface area contributed by atoms with Gasteiger partial charge in [-0.15, -0.1) is 15.2 Å². The molecule has 2 aliphatic carbocycles. The molecule has 2 saturated carbocycles. The van der Waals surface area contributed by atoms with Gasteiger partial charge in [0.15, 0.2) is 0 Å². The van der Waals surface area contributed by atoms with Crippen molar-refractivity contribution in [2.24, 2.45) is 17.8 Å². The van der Waals surface area contributed by atoms with Gasteiger partial charge in [0, 0.05) is 0 Å². The van der Waals surface area contributed by atoms with E-state index in [1.54, 1.807) is 5.56 Å². The molecule has 2 aliphatic rings. The van der Waals surface area contributed by atoms with Crippen LogP contribution >= 0.6 is 8.58 Å². The molecule has 0 amide bonds. The maximum absolute atomic E-state index is 3.91. The molecule has 0 aliphatic heterocycles. The standard InChI is InChI=1S/C22H32.C3H9P/c1-3-4-18-7-11-20(12-8-18)22-15-13-21(14-16-22)19-9-5-17(2)6-10-19;1-3-4-2/h3,5-6,9-10,18,20-22H,1,4,7-8,11-16H2,2H3;4H,3H2,1-2H3. The number of hydrogen-bond donors (Lipinski definition) is 0. The zero-order chi connectivity index (χ0) is 18.8. The van der Waals surface area contributed by atoms with E-state index in [-0.39, 0.29) is 0 Å². The molecule has 2 fully saturated rings. The van der Waals surface area contributed by atoms with Gasteiger partial charge in [0.1, 0.15) is 0 Å². The Morgan fingerprint density at radius 2 is 1.42 bits per heavy atom. The summed E-state index contributed by atoms with van der Waals surface area (Å²) in [5.41, 5.74) is 2.97. The number of aryl methyl sites for hydroxylation is 1. The van der Waals surface area contributed by atoms with E-state index in [1.807, 2.05) is 0 Å². The van der Waals surface area contributed by atoms with Crippen molar-refractivity contribution in [3.63, 3.8) is 0 Å². The Bertz CT molecular complexity index is 485. The third-order valence-corrected chi connectivity index (χ3v) is 7.44. The predicted molar refractivity (Wildman–Crippen MR) is 121 cm³/mol. The molecule has 1 atom stereocenters. The summed E-state index contributed by atoms with van der Waals surface area (Å²) in [5.74, 6) is 3.82. The first-order chi connectivity index (χ1) is 12.7. The molecule has 1 aromatic rings. The van der Waals surface area contributed by atoms with Gasteiger partial charge >= 0.3 is 0 Å². The fourth-order valence-corrected chi connectivity index (χ4v) is 4.89. The first-order valence-electron chi connectivity index (χ1n) is 11.0. The van der Waals surface area contributed by atoms with Crippen LogP contribution in [-0.4, -0.2) is 12.8 Å². The third-order valence-electron chi connectivity index (χ3n) is 6.73. The molecule has 0 aromatic heterocycles. The van der Waals surface area contributed by atoms with Crippen LogP contribution in [0, 0.1) is 24.7 Å². The fraction of sp³-hybridized carbons (Fsp3) is 0.680. The first-order valence-corrected chi connectivity index (χ1v) is 12.7. The minimum Gasteiger partial charge on any atom is -0.126 e. The Balaban J connectivity index is 0.000000552. The van der Waals surface area contributed by atoms with Crippen LogP contribution in [0.5, 0.6) is 0 Å².